The first-order chi connectivity index (χ1) is 13.9. The largest absolute Gasteiger partial charge is 0.294 e. The Morgan fingerprint density at radius 2 is 1.90 bits per heavy atom. The molecule has 0 unspecified atom stereocenters. The van der Waals surface area contributed by atoms with Crippen molar-refractivity contribution in [2.24, 2.45) is 0 Å². The smallest absolute Gasteiger partial charge is 0.264 e. The summed E-state index contributed by atoms with van der Waals surface area (Å²) in [6.07, 6.45) is 3.00. The number of hydrogen-bond donors (Lipinski definition) is 1. The van der Waals surface area contributed by atoms with Gasteiger partial charge in [0.15, 0.2) is 5.78 Å². The molecule has 1 amide bonds. The minimum Gasteiger partial charge on any atom is -0.294 e. The van der Waals surface area contributed by atoms with Crippen molar-refractivity contribution in [3.8, 4) is 5.69 Å². The van der Waals surface area contributed by atoms with Crippen LogP contribution in [0.5, 0.6) is 0 Å². The number of rotatable bonds is 5. The predicted octanol–water partition coefficient (Wildman–Crippen LogP) is 1.83. The van der Waals surface area contributed by atoms with Crippen LogP contribution in [0.3, 0.4) is 0 Å². The summed E-state index contributed by atoms with van der Waals surface area (Å²) >= 11 is 0. The van der Waals surface area contributed by atoms with Gasteiger partial charge in [-0.15, -0.1) is 0 Å². The van der Waals surface area contributed by atoms with E-state index < -0.39 is 15.9 Å². The fourth-order valence-corrected chi connectivity index (χ4v) is 4.30. The predicted molar refractivity (Wildman–Crippen MR) is 104 cm³/mol. The number of aromatic nitrogens is 3. The number of hydrogen-bond acceptors (Lipinski definition) is 6. The molecule has 0 saturated heterocycles. The average molecular weight is 410 g/mol. The summed E-state index contributed by atoms with van der Waals surface area (Å²) in [7, 11) is -4.04. The van der Waals surface area contributed by atoms with E-state index in [1.807, 2.05) is 30.3 Å². The van der Waals surface area contributed by atoms with Crippen molar-refractivity contribution >= 4 is 21.7 Å². The van der Waals surface area contributed by atoms with Crippen LogP contribution >= 0.6 is 0 Å². The molecule has 148 valence electrons. The highest BCUT2D eigenvalue weighted by atomic mass is 32.2. The molecule has 4 rings (SSSR count). The Balaban J connectivity index is 1.47. The maximum atomic E-state index is 12.6. The number of Topliss-reactive ketones (excluding diaryl/α,β-unsaturated/α-hetero) is 1. The maximum Gasteiger partial charge on any atom is 0.264 e. The Morgan fingerprint density at radius 3 is 2.69 bits per heavy atom. The van der Waals surface area contributed by atoms with Crippen LogP contribution in [0.25, 0.3) is 5.69 Å². The zero-order valence-corrected chi connectivity index (χ0v) is 16.2. The quantitative estimate of drug-likeness (QED) is 0.687. The number of benzene rings is 2. The first kappa shape index (κ1) is 19.0. The first-order valence-corrected chi connectivity index (χ1v) is 10.6. The number of fused-ring (bicyclic) bond motifs is 1. The van der Waals surface area contributed by atoms with Gasteiger partial charge >= 0.3 is 0 Å². The van der Waals surface area contributed by atoms with Crippen molar-refractivity contribution in [1.82, 2.24) is 19.7 Å². The number of aryl methyl sites for hydroxylation is 1. The second-order valence-electron chi connectivity index (χ2n) is 6.76. The molecule has 1 heterocycles. The van der Waals surface area contributed by atoms with Gasteiger partial charge in [-0.05, 0) is 48.7 Å². The molecule has 1 aromatic heterocycles. The molecule has 9 heteroatoms. The number of nitrogens with one attached hydrogen (secondary N) is 1. The molecule has 0 aliphatic heterocycles. The third kappa shape index (κ3) is 4.09. The molecule has 1 aliphatic rings. The van der Waals surface area contributed by atoms with Crippen molar-refractivity contribution < 1.29 is 18.0 Å². The number of carbonyl (C=O) groups excluding carboxylic acids is 2. The summed E-state index contributed by atoms with van der Waals surface area (Å²) in [5.41, 5.74) is 2.33. The van der Waals surface area contributed by atoms with E-state index >= 15 is 0 Å². The van der Waals surface area contributed by atoms with Gasteiger partial charge in [-0.2, -0.15) is 15.0 Å². The fourth-order valence-electron chi connectivity index (χ4n) is 3.26. The first-order valence-electron chi connectivity index (χ1n) is 9.11. The summed E-state index contributed by atoms with van der Waals surface area (Å²) in [6, 6.07) is 13.5. The van der Waals surface area contributed by atoms with E-state index in [1.165, 1.54) is 29.2 Å². The Hall–Kier alpha value is -3.33. The van der Waals surface area contributed by atoms with Crippen LogP contribution in [-0.2, 0) is 27.7 Å². The molecule has 0 bridgehead atoms. The van der Waals surface area contributed by atoms with Gasteiger partial charge in [0, 0.05) is 12.0 Å². The number of para-hydroxylation sites is 1. The van der Waals surface area contributed by atoms with Crippen LogP contribution < -0.4 is 4.72 Å². The summed E-state index contributed by atoms with van der Waals surface area (Å²) in [6.45, 7) is 0. The van der Waals surface area contributed by atoms with Gasteiger partial charge in [-0.1, -0.05) is 18.2 Å². The molecular weight excluding hydrogens is 392 g/mol. The Bertz CT molecular complexity index is 1190. The molecule has 3 aromatic rings. The van der Waals surface area contributed by atoms with E-state index in [2.05, 4.69) is 14.9 Å². The maximum absolute atomic E-state index is 12.6. The van der Waals surface area contributed by atoms with Gasteiger partial charge in [-0.25, -0.2) is 13.1 Å². The lowest BCUT2D eigenvalue weighted by atomic mass is 9.91. The highest BCUT2D eigenvalue weighted by Gasteiger charge is 2.23. The van der Waals surface area contributed by atoms with Gasteiger partial charge < -0.3 is 0 Å². The van der Waals surface area contributed by atoms with Crippen LogP contribution in [0.1, 0.15) is 34.5 Å². The SMILES string of the molecule is O=C(Cc1cnn(-c2ccccc2)n1)NS(=O)(=O)c1ccc2c(c1)CCCC2=O. The van der Waals surface area contributed by atoms with Crippen LogP contribution in [0.2, 0.25) is 0 Å². The number of ketones is 1. The van der Waals surface area contributed by atoms with Crippen molar-refractivity contribution in [1.29, 1.82) is 0 Å². The number of carbonyl (C=O) groups is 2. The monoisotopic (exact) mass is 410 g/mol. The third-order valence-corrected chi connectivity index (χ3v) is 6.02. The summed E-state index contributed by atoms with van der Waals surface area (Å²) in [5.74, 6) is -0.695. The second kappa shape index (κ2) is 7.59. The van der Waals surface area contributed by atoms with E-state index in [0.717, 1.165) is 5.69 Å². The molecule has 2 aromatic carbocycles. The van der Waals surface area contributed by atoms with Crippen molar-refractivity contribution in [2.45, 2.75) is 30.6 Å². The van der Waals surface area contributed by atoms with Crippen molar-refractivity contribution in [3.05, 3.63) is 71.5 Å². The highest BCUT2D eigenvalue weighted by molar-refractivity contribution is 7.90. The van der Waals surface area contributed by atoms with E-state index in [0.29, 0.717) is 36.1 Å². The van der Waals surface area contributed by atoms with E-state index in [-0.39, 0.29) is 17.1 Å². The van der Waals surface area contributed by atoms with Crippen LogP contribution in [0.15, 0.2) is 59.6 Å². The number of sulfonamides is 1. The minimum absolute atomic E-state index is 0.0146. The van der Waals surface area contributed by atoms with Crippen molar-refractivity contribution in [2.75, 3.05) is 0 Å². The Labute approximate surface area is 167 Å². The lowest BCUT2D eigenvalue weighted by Crippen LogP contribution is -2.32. The van der Waals surface area contributed by atoms with E-state index in [4.69, 9.17) is 0 Å². The summed E-state index contributed by atoms with van der Waals surface area (Å²) in [5, 5.41) is 8.30. The van der Waals surface area contributed by atoms with Crippen LogP contribution in [0, 0.1) is 0 Å². The lowest BCUT2D eigenvalue weighted by Gasteiger charge is -2.15. The molecular formula is C20H18N4O4S. The second-order valence-corrected chi connectivity index (χ2v) is 8.44. The number of nitrogens with zero attached hydrogens (tertiary/aromatic N) is 3. The molecule has 0 spiro atoms. The molecule has 29 heavy (non-hydrogen) atoms. The topological polar surface area (TPSA) is 111 Å². The van der Waals surface area contributed by atoms with Gasteiger partial charge in [0.1, 0.15) is 0 Å². The Morgan fingerprint density at radius 1 is 1.10 bits per heavy atom. The Kier molecular flexibility index (Phi) is 4.98. The van der Waals surface area contributed by atoms with Gasteiger partial charge in [0.25, 0.3) is 10.0 Å². The summed E-state index contributed by atoms with van der Waals surface area (Å²) < 4.78 is 27.2. The highest BCUT2D eigenvalue weighted by Crippen LogP contribution is 2.24. The standard InChI is InChI=1S/C20H18N4O4S/c25-19-8-4-5-14-11-17(9-10-18(14)19)29(27,28)23-20(26)12-15-13-21-24(22-15)16-6-2-1-3-7-16/h1-3,6-7,9-11,13H,4-5,8,12H2,(H,23,26). The average Bonchev–Trinajstić information content (AvgIpc) is 3.16. The summed E-state index contributed by atoms with van der Waals surface area (Å²) in [4.78, 5) is 25.5. The molecule has 1 N–H and O–H groups in total. The molecule has 1 aliphatic carbocycles. The third-order valence-electron chi connectivity index (χ3n) is 4.65. The van der Waals surface area contributed by atoms with Crippen LogP contribution in [-0.4, -0.2) is 35.1 Å². The number of amides is 1. The fraction of sp³-hybridized carbons (Fsp3) is 0.200. The normalized spacial score (nSPS) is 13.7. The van der Waals surface area contributed by atoms with E-state index in [9.17, 15) is 18.0 Å². The molecule has 0 saturated carbocycles. The van der Waals surface area contributed by atoms with E-state index in [1.54, 1.807) is 0 Å². The molecule has 8 nitrogen and oxygen atoms in total. The zero-order chi connectivity index (χ0) is 20.4. The molecule has 0 atom stereocenters. The minimum atomic E-state index is -4.04. The van der Waals surface area contributed by atoms with Crippen molar-refractivity contribution in [3.63, 3.8) is 0 Å². The van der Waals surface area contributed by atoms with Crippen LogP contribution in [0.4, 0.5) is 0 Å². The lowest BCUT2D eigenvalue weighted by molar-refractivity contribution is -0.118. The zero-order valence-electron chi connectivity index (χ0n) is 15.4. The molecule has 0 fully saturated rings. The van der Waals surface area contributed by atoms with Gasteiger partial charge in [-0.3, -0.25) is 9.59 Å². The van der Waals surface area contributed by atoms with Gasteiger partial charge in [0.2, 0.25) is 5.91 Å². The van der Waals surface area contributed by atoms with Gasteiger partial charge in [0.05, 0.1) is 28.9 Å². The molecule has 0 radical (unpaired) electrons.